The molecule has 2 aromatic heterocycles. The summed E-state index contributed by atoms with van der Waals surface area (Å²) in [6, 6.07) is 37.8. The highest BCUT2D eigenvalue weighted by Gasteiger charge is 2.19. The van der Waals surface area contributed by atoms with Gasteiger partial charge in [0.2, 0.25) is 0 Å². The predicted molar refractivity (Wildman–Crippen MR) is 125 cm³/mol. The Morgan fingerprint density at radius 2 is 0.833 bits per heavy atom. The highest BCUT2D eigenvalue weighted by Crippen LogP contribution is 2.42. The third-order valence-electron chi connectivity index (χ3n) is 5.66. The van der Waals surface area contributed by atoms with Gasteiger partial charge < -0.3 is 0 Å². The van der Waals surface area contributed by atoms with Gasteiger partial charge in [-0.1, -0.05) is 78.9 Å². The van der Waals surface area contributed by atoms with Crippen LogP contribution < -0.4 is 0 Å². The predicted octanol–water partition coefficient (Wildman–Crippen LogP) is 7.22. The van der Waals surface area contributed by atoms with Gasteiger partial charge in [0.25, 0.3) is 0 Å². The fourth-order valence-corrected chi connectivity index (χ4v) is 4.17. The van der Waals surface area contributed by atoms with E-state index in [1.807, 2.05) is 24.3 Å². The Morgan fingerprint density at radius 3 is 1.37 bits per heavy atom. The first-order chi connectivity index (χ1) is 14.9. The van der Waals surface area contributed by atoms with E-state index >= 15 is 0 Å². The highest BCUT2D eigenvalue weighted by molar-refractivity contribution is 5.98. The van der Waals surface area contributed by atoms with Crippen LogP contribution in [0.15, 0.2) is 109 Å². The molecule has 2 aliphatic rings. The van der Waals surface area contributed by atoms with Crippen molar-refractivity contribution in [2.75, 3.05) is 0 Å². The quantitative estimate of drug-likeness (QED) is 0.316. The number of benzene rings is 2. The lowest BCUT2D eigenvalue weighted by molar-refractivity contribution is 1.40. The van der Waals surface area contributed by atoms with Crippen LogP contribution in [0.1, 0.15) is 0 Å². The van der Waals surface area contributed by atoms with E-state index in [4.69, 9.17) is 9.97 Å². The molecule has 0 spiro atoms. The topological polar surface area (TPSA) is 25.8 Å². The summed E-state index contributed by atoms with van der Waals surface area (Å²) >= 11 is 0. The Hall–Kier alpha value is -4.04. The van der Waals surface area contributed by atoms with Gasteiger partial charge in [0, 0.05) is 21.9 Å². The van der Waals surface area contributed by atoms with Gasteiger partial charge in [0.1, 0.15) is 0 Å². The molecule has 2 aromatic carbocycles. The first-order valence-corrected chi connectivity index (χ1v) is 10.1. The molecular weight excluding hydrogens is 364 g/mol. The molecule has 0 unspecified atom stereocenters. The third kappa shape index (κ3) is 2.73. The van der Waals surface area contributed by atoms with Crippen LogP contribution in [0.3, 0.4) is 0 Å². The summed E-state index contributed by atoms with van der Waals surface area (Å²) < 4.78 is 0. The fraction of sp³-hybridized carbons (Fsp3) is 0. The first kappa shape index (κ1) is 16.9. The van der Waals surface area contributed by atoms with E-state index < -0.39 is 0 Å². The number of aromatic nitrogens is 2. The van der Waals surface area contributed by atoms with Crippen LogP contribution in [0.4, 0.5) is 0 Å². The van der Waals surface area contributed by atoms with Gasteiger partial charge in [-0.25, -0.2) is 9.97 Å². The maximum absolute atomic E-state index is 4.95. The molecule has 2 aliphatic carbocycles. The van der Waals surface area contributed by atoms with Gasteiger partial charge in [-0.2, -0.15) is 0 Å². The Bertz CT molecular complexity index is 1390. The zero-order valence-electron chi connectivity index (χ0n) is 16.3. The number of pyridine rings is 2. The van der Waals surface area contributed by atoms with Crippen LogP contribution in [0.25, 0.3) is 55.4 Å². The number of hydrogen-bond donors (Lipinski definition) is 0. The average molecular weight is 382 g/mol. The highest BCUT2D eigenvalue weighted by atomic mass is 14.7. The molecule has 0 saturated heterocycles. The van der Waals surface area contributed by atoms with Crippen LogP contribution in [0.2, 0.25) is 0 Å². The van der Waals surface area contributed by atoms with Gasteiger partial charge in [-0.05, 0) is 41.5 Å². The van der Waals surface area contributed by atoms with E-state index in [1.165, 1.54) is 11.1 Å². The minimum atomic E-state index is 0.983. The molecule has 0 bridgehead atoms. The van der Waals surface area contributed by atoms with E-state index in [9.17, 15) is 0 Å². The summed E-state index contributed by atoms with van der Waals surface area (Å²) in [5, 5.41) is 2.30. The summed E-state index contributed by atoms with van der Waals surface area (Å²) in [4.78, 5) is 9.91. The molecule has 4 aromatic rings. The Balaban J connectivity index is 1.60. The largest absolute Gasteiger partial charge is 0.248 e. The first-order valence-electron chi connectivity index (χ1n) is 10.1. The molecule has 0 aliphatic heterocycles. The Kier molecular flexibility index (Phi) is 3.82. The molecule has 0 radical (unpaired) electrons. The number of fused-ring (bicyclic) bond motifs is 3. The van der Waals surface area contributed by atoms with Crippen LogP contribution in [0.5, 0.6) is 0 Å². The van der Waals surface area contributed by atoms with Crippen molar-refractivity contribution in [1.82, 2.24) is 9.97 Å². The standard InChI is InChI=1S/C28H18N2/c1-2-10-21-22(11-3-1)24(28-17-15-20-9-5-7-13-26(20)30-28)18-23(21)27-16-14-19-8-4-6-12-25(19)29-27/h1-18H. The smallest absolute Gasteiger partial charge is 0.0716 e. The maximum Gasteiger partial charge on any atom is 0.0716 e. The Morgan fingerprint density at radius 1 is 0.367 bits per heavy atom. The van der Waals surface area contributed by atoms with E-state index in [0.29, 0.717) is 0 Å². The number of para-hydroxylation sites is 2. The van der Waals surface area contributed by atoms with E-state index in [1.54, 1.807) is 0 Å². The fourth-order valence-electron chi connectivity index (χ4n) is 4.17. The molecule has 2 heteroatoms. The van der Waals surface area contributed by atoms with Crippen molar-refractivity contribution in [3.05, 3.63) is 109 Å². The SMILES string of the molecule is c1ccc2c(-c3ccc4ccccc4n3)cc(-c3ccc4ccccc4n3)c-2cc1. The number of hydrogen-bond acceptors (Lipinski definition) is 2. The number of nitrogens with zero attached hydrogens (tertiary/aromatic N) is 2. The van der Waals surface area contributed by atoms with Crippen LogP contribution in [0, 0.1) is 0 Å². The third-order valence-corrected chi connectivity index (χ3v) is 5.66. The summed E-state index contributed by atoms with van der Waals surface area (Å²) in [6.45, 7) is 0. The van der Waals surface area contributed by atoms with Gasteiger partial charge in [-0.3, -0.25) is 0 Å². The van der Waals surface area contributed by atoms with Crippen LogP contribution in [-0.4, -0.2) is 9.97 Å². The minimum Gasteiger partial charge on any atom is -0.248 e. The lowest BCUT2D eigenvalue weighted by Crippen LogP contribution is -1.84. The van der Waals surface area contributed by atoms with Crippen LogP contribution >= 0.6 is 0 Å². The van der Waals surface area contributed by atoms with Gasteiger partial charge in [-0.15, -0.1) is 0 Å². The van der Waals surface area contributed by atoms with Crippen molar-refractivity contribution in [3.8, 4) is 33.6 Å². The zero-order chi connectivity index (χ0) is 19.9. The molecule has 30 heavy (non-hydrogen) atoms. The lowest BCUT2D eigenvalue weighted by Gasteiger charge is -2.04. The second-order valence-electron chi connectivity index (χ2n) is 7.49. The molecule has 0 N–H and O–H groups in total. The second kappa shape index (κ2) is 6.78. The van der Waals surface area contributed by atoms with Gasteiger partial charge >= 0.3 is 0 Å². The average Bonchev–Trinajstić information content (AvgIpc) is 2.99. The van der Waals surface area contributed by atoms with E-state index in [0.717, 1.165) is 44.3 Å². The van der Waals surface area contributed by atoms with Gasteiger partial charge in [0.05, 0.1) is 22.4 Å². The van der Waals surface area contributed by atoms with Crippen molar-refractivity contribution >= 4 is 21.8 Å². The molecule has 6 rings (SSSR count). The summed E-state index contributed by atoms with van der Waals surface area (Å²) in [6.07, 6.45) is 0. The molecule has 2 heterocycles. The normalized spacial score (nSPS) is 11.3. The maximum atomic E-state index is 4.95. The van der Waals surface area contributed by atoms with Crippen molar-refractivity contribution in [2.24, 2.45) is 0 Å². The molecule has 0 fully saturated rings. The molecule has 0 amide bonds. The molecule has 0 atom stereocenters. The molecule has 2 nitrogen and oxygen atoms in total. The number of rotatable bonds is 2. The molecule has 0 saturated carbocycles. The summed E-state index contributed by atoms with van der Waals surface area (Å²) in [5.74, 6) is 0. The monoisotopic (exact) mass is 382 g/mol. The second-order valence-corrected chi connectivity index (χ2v) is 7.49. The lowest BCUT2D eigenvalue weighted by atomic mass is 10.0. The van der Waals surface area contributed by atoms with Crippen molar-refractivity contribution in [2.45, 2.75) is 0 Å². The van der Waals surface area contributed by atoms with E-state index in [-0.39, 0.29) is 0 Å². The van der Waals surface area contributed by atoms with Gasteiger partial charge in [0.15, 0.2) is 0 Å². The van der Waals surface area contributed by atoms with Crippen molar-refractivity contribution in [1.29, 1.82) is 0 Å². The Labute approximate surface area is 174 Å². The van der Waals surface area contributed by atoms with E-state index in [2.05, 4.69) is 84.9 Å². The minimum absolute atomic E-state index is 0.983. The zero-order valence-corrected chi connectivity index (χ0v) is 16.3. The molecular formula is C28H18N2. The van der Waals surface area contributed by atoms with Crippen molar-refractivity contribution in [3.63, 3.8) is 0 Å². The summed E-state index contributed by atoms with van der Waals surface area (Å²) in [5.41, 5.74) is 8.63. The summed E-state index contributed by atoms with van der Waals surface area (Å²) in [7, 11) is 0. The molecule has 140 valence electrons. The van der Waals surface area contributed by atoms with Crippen molar-refractivity contribution < 1.29 is 0 Å². The van der Waals surface area contributed by atoms with Crippen LogP contribution in [-0.2, 0) is 0 Å².